The Kier molecular flexibility index (Phi) is 19.1. The fourth-order valence-electron chi connectivity index (χ4n) is 12.4. The second-order valence-electron chi connectivity index (χ2n) is 22.4. The molecule has 0 bridgehead atoms. The predicted molar refractivity (Wildman–Crippen MR) is 333 cm³/mol. The van der Waals surface area contributed by atoms with Crippen molar-refractivity contribution >= 4 is 53.4 Å². The number of anilines is 2. The maximum atomic E-state index is 14.2. The Morgan fingerprint density at radius 2 is 0.932 bits per heavy atom. The highest BCUT2D eigenvalue weighted by Crippen LogP contribution is 2.48. The summed E-state index contributed by atoms with van der Waals surface area (Å²) in [4.78, 5) is 13.6. The van der Waals surface area contributed by atoms with Gasteiger partial charge in [-0.1, -0.05) is 50.2 Å². The zero-order chi connectivity index (χ0) is 61.7. The van der Waals surface area contributed by atoms with Crippen LogP contribution in [0.25, 0.3) is 0 Å². The Balaban J connectivity index is 0.000000182. The van der Waals surface area contributed by atoms with Gasteiger partial charge in [0.1, 0.15) is 58.8 Å². The number of ether oxygens (including phenoxy) is 6. The Morgan fingerprint density at radius 3 is 1.30 bits per heavy atom. The third-order valence-electron chi connectivity index (χ3n) is 17.0. The molecule has 18 nitrogen and oxygen atoms in total. The first-order valence-corrected chi connectivity index (χ1v) is 33.6. The largest absolute Gasteiger partial charge is 0.497 e. The van der Waals surface area contributed by atoms with E-state index in [0.717, 1.165) is 96.9 Å². The number of benzene rings is 6. The van der Waals surface area contributed by atoms with E-state index in [2.05, 4.69) is 42.4 Å². The van der Waals surface area contributed by atoms with Crippen molar-refractivity contribution in [1.29, 1.82) is 0 Å². The maximum absolute atomic E-state index is 14.2. The highest BCUT2D eigenvalue weighted by molar-refractivity contribution is 7.93. The smallest absolute Gasteiger partial charge is 0.266 e. The minimum absolute atomic E-state index is 0.0173. The molecule has 2 fully saturated rings. The Hall–Kier alpha value is -7.48. The molecule has 6 heterocycles. The molecule has 0 aliphatic carbocycles. The molecular weight excluding hydrogens is 1210 g/mol. The number of fused-ring (bicyclic) bond motifs is 2. The number of likely N-dealkylation sites (tertiary alicyclic amines) is 2. The molecule has 464 valence electrons. The molecule has 88 heavy (non-hydrogen) atoms. The van der Waals surface area contributed by atoms with Crippen LogP contribution in [0.2, 0.25) is 0 Å². The number of nitrogens with zero attached hydrogens (tertiary/aromatic N) is 8. The standard InChI is InChI=1S/2C32H35FN4O5S2/c2*1-21-12-14-36(29(16-21)22-4-7-24(33)8-5-22)28-13-15-42-31-18-26(10-11-27(28)31)44(38,39)37(32-34-20-35-43-32)19-23-6-9-25(40-2)17-30(23)41-3/h2*4-11,17-18,20-21,28-29H,12-16,19H2,1-3H3/t21-,28+,29+;21-,28-,29+/m11/s1. The van der Waals surface area contributed by atoms with E-state index in [1.807, 2.05) is 36.4 Å². The molecule has 6 aromatic carbocycles. The normalized spacial score (nSPS) is 20.4. The number of piperidine rings is 2. The van der Waals surface area contributed by atoms with Gasteiger partial charge in [-0.15, -0.1) is 0 Å². The predicted octanol–water partition coefficient (Wildman–Crippen LogP) is 12.8. The molecule has 0 spiro atoms. The van der Waals surface area contributed by atoms with E-state index >= 15 is 0 Å². The Labute approximate surface area is 521 Å². The fourth-order valence-corrected chi connectivity index (χ4v) is 16.7. The van der Waals surface area contributed by atoms with Gasteiger partial charge in [0.15, 0.2) is 0 Å². The quantitative estimate of drug-likeness (QED) is 0.0788. The van der Waals surface area contributed by atoms with Crippen LogP contribution in [-0.2, 0) is 33.1 Å². The molecule has 8 aromatic rings. The van der Waals surface area contributed by atoms with Gasteiger partial charge in [-0.05, 0) is 122 Å². The first-order valence-electron chi connectivity index (χ1n) is 29.1. The van der Waals surface area contributed by atoms with Crippen LogP contribution < -0.4 is 37.0 Å². The first kappa shape index (κ1) is 62.1. The molecule has 6 atom stereocenters. The second-order valence-corrected chi connectivity index (χ2v) is 27.6. The van der Waals surface area contributed by atoms with Gasteiger partial charge >= 0.3 is 0 Å². The van der Waals surface area contributed by atoms with Crippen LogP contribution in [-0.4, -0.2) is 100 Å². The topological polar surface area (TPSA) is 188 Å². The van der Waals surface area contributed by atoms with Gasteiger partial charge in [0.05, 0.1) is 64.5 Å². The number of hydrogen-bond acceptors (Lipinski definition) is 18. The molecule has 2 aromatic heterocycles. The molecule has 12 rings (SSSR count). The van der Waals surface area contributed by atoms with Crippen LogP contribution in [0.15, 0.2) is 144 Å². The van der Waals surface area contributed by atoms with Gasteiger partial charge in [-0.25, -0.2) is 44.2 Å². The van der Waals surface area contributed by atoms with E-state index in [0.29, 0.717) is 70.7 Å². The highest BCUT2D eigenvalue weighted by atomic mass is 32.2. The number of hydrogen-bond donors (Lipinski definition) is 0. The molecule has 24 heteroatoms. The van der Waals surface area contributed by atoms with Gasteiger partial charge in [0, 0.05) is 107 Å². The van der Waals surface area contributed by atoms with Crippen molar-refractivity contribution in [1.82, 2.24) is 28.5 Å². The van der Waals surface area contributed by atoms with Gasteiger partial charge < -0.3 is 28.4 Å². The number of aromatic nitrogens is 4. The number of halogens is 2. The van der Waals surface area contributed by atoms with Crippen molar-refractivity contribution in [2.45, 2.75) is 99.4 Å². The van der Waals surface area contributed by atoms with E-state index in [4.69, 9.17) is 28.4 Å². The van der Waals surface area contributed by atoms with Gasteiger partial charge in [-0.3, -0.25) is 9.80 Å². The summed E-state index contributed by atoms with van der Waals surface area (Å²) in [6.07, 6.45) is 8.28. The third kappa shape index (κ3) is 13.3. The van der Waals surface area contributed by atoms with Crippen molar-refractivity contribution in [2.75, 3.05) is 63.4 Å². The zero-order valence-electron chi connectivity index (χ0n) is 49.7. The average molecular weight is 1280 g/mol. The van der Waals surface area contributed by atoms with E-state index in [-0.39, 0.29) is 68.9 Å². The number of sulfonamides is 2. The summed E-state index contributed by atoms with van der Waals surface area (Å²) in [6.45, 7) is 7.19. The van der Waals surface area contributed by atoms with Crippen LogP contribution in [0.5, 0.6) is 34.5 Å². The number of rotatable bonds is 18. The number of methoxy groups -OCH3 is 4. The van der Waals surface area contributed by atoms with Crippen molar-refractivity contribution in [3.63, 3.8) is 0 Å². The monoisotopic (exact) mass is 1280 g/mol. The molecular formula is C64H70F2N8O10S4. The zero-order valence-corrected chi connectivity index (χ0v) is 53.0. The summed E-state index contributed by atoms with van der Waals surface area (Å²) >= 11 is 2.00. The summed E-state index contributed by atoms with van der Waals surface area (Å²) in [5.41, 5.74) is 5.38. The summed E-state index contributed by atoms with van der Waals surface area (Å²) in [6, 6.07) is 34.7. The third-order valence-corrected chi connectivity index (χ3v) is 22.1. The Morgan fingerprint density at radius 1 is 0.523 bits per heavy atom. The fraction of sp³-hybridized carbons (Fsp3) is 0.375. The average Bonchev–Trinajstić information content (AvgIpc) is 2.14. The molecule has 2 saturated heterocycles. The second kappa shape index (κ2) is 27.1. The molecule has 0 N–H and O–H groups in total. The minimum Gasteiger partial charge on any atom is -0.497 e. The summed E-state index contributed by atoms with van der Waals surface area (Å²) in [5, 5.41) is 0.480. The molecule has 4 aliphatic heterocycles. The van der Waals surface area contributed by atoms with Crippen LogP contribution in [0.4, 0.5) is 19.0 Å². The lowest BCUT2D eigenvalue weighted by Gasteiger charge is -2.45. The summed E-state index contributed by atoms with van der Waals surface area (Å²) in [5.74, 6) is 3.90. The lowest BCUT2D eigenvalue weighted by molar-refractivity contribution is 0.0487. The van der Waals surface area contributed by atoms with Crippen molar-refractivity contribution < 1.29 is 54.0 Å². The SMILES string of the molecule is COc1ccc(CN(c2ncns2)S(=O)(=O)c2ccc3c(c2)OCC[C@@H]3N2CC[C@@H](C)C[C@H]2c2ccc(F)cc2)c(OC)c1.COc1ccc(CN(c2ncns2)S(=O)(=O)c2ccc3c(c2)OCC[C@H]3N2CC[C@@H](C)C[C@H]2c2ccc(F)cc2)c(OC)c1. The lowest BCUT2D eigenvalue weighted by Crippen LogP contribution is -2.40. The lowest BCUT2D eigenvalue weighted by atomic mass is 9.85. The Bertz CT molecular complexity index is 3660. The van der Waals surface area contributed by atoms with Crippen molar-refractivity contribution in [3.8, 4) is 34.5 Å². The summed E-state index contributed by atoms with van der Waals surface area (Å²) in [7, 11) is -1.98. The highest BCUT2D eigenvalue weighted by Gasteiger charge is 2.40. The van der Waals surface area contributed by atoms with Gasteiger partial charge in [0.2, 0.25) is 10.3 Å². The van der Waals surface area contributed by atoms with Gasteiger partial charge in [0.25, 0.3) is 20.0 Å². The van der Waals surface area contributed by atoms with Crippen molar-refractivity contribution in [3.05, 3.63) is 179 Å². The summed E-state index contributed by atoms with van der Waals surface area (Å²) < 4.78 is 129. The van der Waals surface area contributed by atoms with E-state index in [1.165, 1.54) is 59.8 Å². The molecule has 4 aliphatic rings. The first-order chi connectivity index (χ1) is 42.6. The van der Waals surface area contributed by atoms with Gasteiger partial charge in [-0.2, -0.15) is 8.75 Å². The van der Waals surface area contributed by atoms with Crippen LogP contribution in [0.1, 0.15) is 110 Å². The minimum atomic E-state index is -4.08. The molecule has 0 radical (unpaired) electrons. The van der Waals surface area contributed by atoms with E-state index in [1.54, 1.807) is 74.9 Å². The van der Waals surface area contributed by atoms with E-state index in [9.17, 15) is 25.6 Å². The van der Waals surface area contributed by atoms with Crippen LogP contribution in [0.3, 0.4) is 0 Å². The van der Waals surface area contributed by atoms with Crippen LogP contribution >= 0.6 is 23.1 Å². The van der Waals surface area contributed by atoms with Crippen LogP contribution in [0, 0.1) is 23.5 Å². The van der Waals surface area contributed by atoms with Crippen molar-refractivity contribution in [2.24, 2.45) is 11.8 Å². The van der Waals surface area contributed by atoms with E-state index < -0.39 is 20.0 Å². The molecule has 0 saturated carbocycles. The molecule has 0 amide bonds. The molecule has 0 unspecified atom stereocenters. The maximum Gasteiger partial charge on any atom is 0.266 e.